The Morgan fingerprint density at radius 1 is 0.404 bits per heavy atom. The van der Waals surface area contributed by atoms with Gasteiger partial charge in [-0.25, -0.2) is 9.98 Å². The number of amidine groups is 1. The molecule has 57 heavy (non-hydrogen) atoms. The fourth-order valence-electron chi connectivity index (χ4n) is 8.33. The van der Waals surface area contributed by atoms with Gasteiger partial charge in [0.15, 0.2) is 5.84 Å². The van der Waals surface area contributed by atoms with Crippen LogP contribution in [-0.2, 0) is 0 Å². The molecule has 9 aromatic rings. The molecule has 0 aliphatic carbocycles. The van der Waals surface area contributed by atoms with Crippen molar-refractivity contribution in [1.82, 2.24) is 4.98 Å². The van der Waals surface area contributed by atoms with E-state index in [9.17, 15) is 0 Å². The van der Waals surface area contributed by atoms with Crippen molar-refractivity contribution in [2.75, 3.05) is 0 Å². The highest BCUT2D eigenvalue weighted by molar-refractivity contribution is 6.23. The third kappa shape index (κ3) is 6.53. The zero-order valence-electron chi connectivity index (χ0n) is 31.7. The molecular weight excluding hydrogens is 691 g/mol. The first kappa shape index (κ1) is 34.3. The van der Waals surface area contributed by atoms with Gasteiger partial charge in [0.25, 0.3) is 0 Å². The van der Waals surface area contributed by atoms with E-state index in [2.05, 4.69) is 194 Å². The van der Waals surface area contributed by atoms with Crippen LogP contribution in [0.2, 0.25) is 0 Å². The lowest BCUT2D eigenvalue weighted by molar-refractivity contribution is 1.00. The second-order valence-electron chi connectivity index (χ2n) is 14.8. The second-order valence-corrected chi connectivity index (χ2v) is 14.8. The Hall–Kier alpha value is -7.23. The van der Waals surface area contributed by atoms with Gasteiger partial charge < -0.3 is 0 Å². The third-order valence-electron chi connectivity index (χ3n) is 11.3. The Kier molecular flexibility index (Phi) is 8.89. The van der Waals surface area contributed by atoms with E-state index in [4.69, 9.17) is 9.98 Å². The molecule has 0 radical (unpaired) electrons. The van der Waals surface area contributed by atoms with Crippen molar-refractivity contribution >= 4 is 49.6 Å². The van der Waals surface area contributed by atoms with Crippen LogP contribution in [-0.4, -0.2) is 16.5 Å². The number of pyridine rings is 1. The minimum absolute atomic E-state index is 0.706. The van der Waals surface area contributed by atoms with Crippen molar-refractivity contribution in [3.05, 3.63) is 217 Å². The predicted molar refractivity (Wildman–Crippen MR) is 241 cm³/mol. The van der Waals surface area contributed by atoms with E-state index in [-0.39, 0.29) is 0 Å². The molecule has 270 valence electrons. The smallest absolute Gasteiger partial charge is 0.160 e. The molecule has 3 nitrogen and oxygen atoms in total. The summed E-state index contributed by atoms with van der Waals surface area (Å²) in [5.74, 6) is 0.706. The van der Waals surface area contributed by atoms with E-state index in [0.717, 1.165) is 57.5 Å². The molecule has 0 N–H and O–H groups in total. The normalized spacial score (nSPS) is 16.4. The van der Waals surface area contributed by atoms with E-state index >= 15 is 0 Å². The number of aromatic nitrogens is 1. The molecule has 8 aromatic carbocycles. The number of hydrogen-bond acceptors (Lipinski definition) is 3. The highest BCUT2D eigenvalue weighted by Gasteiger charge is 2.19. The van der Waals surface area contributed by atoms with Gasteiger partial charge in [-0.1, -0.05) is 170 Å². The predicted octanol–water partition coefficient (Wildman–Crippen LogP) is 14.0. The summed E-state index contributed by atoms with van der Waals surface area (Å²) in [4.78, 5) is 15.5. The molecule has 10 rings (SSSR count). The number of benzene rings is 8. The summed E-state index contributed by atoms with van der Waals surface area (Å²) in [6, 6.07) is 64.9. The van der Waals surface area contributed by atoms with E-state index in [1.165, 1.54) is 54.8 Å². The number of rotatable bonds is 6. The summed E-state index contributed by atoms with van der Waals surface area (Å²) in [6.07, 6.45) is 5.55. The lowest BCUT2D eigenvalue weighted by Gasteiger charge is -2.18. The molecule has 1 aliphatic rings. The van der Waals surface area contributed by atoms with Gasteiger partial charge >= 0.3 is 0 Å². The van der Waals surface area contributed by atoms with Crippen molar-refractivity contribution in [2.45, 2.75) is 19.8 Å². The van der Waals surface area contributed by atoms with Crippen molar-refractivity contribution in [1.29, 1.82) is 0 Å². The van der Waals surface area contributed by atoms with Crippen LogP contribution in [0.5, 0.6) is 0 Å². The molecule has 0 saturated heterocycles. The van der Waals surface area contributed by atoms with Crippen LogP contribution in [0.15, 0.2) is 210 Å². The van der Waals surface area contributed by atoms with Crippen LogP contribution >= 0.6 is 0 Å². The summed E-state index contributed by atoms with van der Waals surface area (Å²) in [7, 11) is 0. The summed E-state index contributed by atoms with van der Waals surface area (Å²) < 4.78 is 0. The summed E-state index contributed by atoms with van der Waals surface area (Å²) >= 11 is 0. The molecule has 1 aromatic heterocycles. The summed E-state index contributed by atoms with van der Waals surface area (Å²) in [5.41, 5.74) is 13.5. The van der Waals surface area contributed by atoms with E-state index in [1.54, 1.807) is 0 Å². The van der Waals surface area contributed by atoms with Gasteiger partial charge in [-0.15, -0.1) is 0 Å². The number of nitrogens with zero attached hydrogens (tertiary/aromatic N) is 3. The molecule has 0 amide bonds. The van der Waals surface area contributed by atoms with E-state index < -0.39 is 0 Å². The van der Waals surface area contributed by atoms with Crippen LogP contribution in [0.3, 0.4) is 0 Å². The molecule has 0 atom stereocenters. The molecule has 1 aliphatic heterocycles. The fraction of sp³-hybridized carbons (Fsp3) is 0.0556. The molecular formula is C54H39N3. The van der Waals surface area contributed by atoms with Crippen LogP contribution in [0.25, 0.3) is 71.4 Å². The van der Waals surface area contributed by atoms with Gasteiger partial charge in [-0.05, 0) is 97.8 Å². The minimum atomic E-state index is 0.706. The van der Waals surface area contributed by atoms with Gasteiger partial charge in [0.05, 0.1) is 11.4 Å². The maximum absolute atomic E-state index is 5.48. The topological polar surface area (TPSA) is 37.6 Å². The van der Waals surface area contributed by atoms with Gasteiger partial charge in [0.2, 0.25) is 0 Å². The number of fused-ring (bicyclic) bond motifs is 5. The maximum atomic E-state index is 5.48. The van der Waals surface area contributed by atoms with Crippen LogP contribution < -0.4 is 0 Å². The van der Waals surface area contributed by atoms with Gasteiger partial charge in [-0.2, -0.15) is 0 Å². The second kappa shape index (κ2) is 14.8. The standard InChI is InChI=1S/C54H39N3/c1-36-20-31-51(47-19-11-10-17-45(47)39-14-6-3-7-15-39)56-54(57-53(36)42-26-21-38(22-27-42)37-12-4-2-5-13-37)43-28-23-41(24-29-43)49-34-44-30-25-40-16-8-9-18-46(40)52(44)48-32-33-55-35-50(48)49/h2-19,21-30,32-35H,20,31H2,1H3/b53-36+,56-51+,57-54-. The van der Waals surface area contributed by atoms with E-state index in [0.29, 0.717) is 5.84 Å². The Bertz CT molecular complexity index is 3030. The van der Waals surface area contributed by atoms with Crippen LogP contribution in [0.1, 0.15) is 36.5 Å². The quantitative estimate of drug-likeness (QED) is 0.157. The van der Waals surface area contributed by atoms with Crippen LogP contribution in [0.4, 0.5) is 0 Å². The van der Waals surface area contributed by atoms with Gasteiger partial charge in [0, 0.05) is 34.5 Å². The Labute approximate surface area is 333 Å². The average Bonchev–Trinajstić information content (AvgIpc) is 3.28. The van der Waals surface area contributed by atoms with Crippen LogP contribution in [0, 0.1) is 0 Å². The minimum Gasteiger partial charge on any atom is -0.264 e. The number of hydrogen-bond donors (Lipinski definition) is 0. The zero-order valence-corrected chi connectivity index (χ0v) is 31.7. The van der Waals surface area contributed by atoms with Gasteiger partial charge in [0.1, 0.15) is 0 Å². The van der Waals surface area contributed by atoms with Crippen molar-refractivity contribution in [3.63, 3.8) is 0 Å². The molecule has 0 spiro atoms. The Morgan fingerprint density at radius 2 is 1.00 bits per heavy atom. The summed E-state index contributed by atoms with van der Waals surface area (Å²) in [5, 5.41) is 7.31. The zero-order chi connectivity index (χ0) is 38.1. The Morgan fingerprint density at radius 3 is 1.79 bits per heavy atom. The van der Waals surface area contributed by atoms with Crippen molar-refractivity contribution < 1.29 is 0 Å². The fourth-order valence-corrected chi connectivity index (χ4v) is 8.33. The average molecular weight is 730 g/mol. The summed E-state index contributed by atoms with van der Waals surface area (Å²) in [6.45, 7) is 2.22. The highest BCUT2D eigenvalue weighted by atomic mass is 14.9. The lowest BCUT2D eigenvalue weighted by Crippen LogP contribution is -2.11. The van der Waals surface area contributed by atoms with Crippen molar-refractivity contribution in [3.8, 4) is 33.4 Å². The monoisotopic (exact) mass is 729 g/mol. The number of allylic oxidation sites excluding steroid dienone is 1. The van der Waals surface area contributed by atoms with E-state index in [1.807, 2.05) is 12.4 Å². The lowest BCUT2D eigenvalue weighted by atomic mass is 9.91. The molecule has 2 heterocycles. The van der Waals surface area contributed by atoms with Gasteiger partial charge in [-0.3, -0.25) is 4.98 Å². The molecule has 0 fully saturated rings. The first-order valence-electron chi connectivity index (χ1n) is 19.6. The number of aliphatic imine (C=N–C) groups is 2. The first-order chi connectivity index (χ1) is 28.2. The molecule has 3 heteroatoms. The maximum Gasteiger partial charge on any atom is 0.160 e. The third-order valence-corrected chi connectivity index (χ3v) is 11.3. The molecule has 0 saturated carbocycles. The SMILES string of the molecule is C\C1=C(c2ccc(-c3ccccc3)cc2)/N=C(c2ccc(-c3cc4ccc5ccccc5c4c4ccncc34)cc2)\N=C(\c2ccccc2-c2ccccc2)CC1. The largest absolute Gasteiger partial charge is 0.264 e. The molecule has 0 unspecified atom stereocenters. The van der Waals surface area contributed by atoms with Crippen molar-refractivity contribution in [2.24, 2.45) is 9.98 Å². The highest BCUT2D eigenvalue weighted by Crippen LogP contribution is 2.39. The first-order valence-corrected chi connectivity index (χ1v) is 19.6. The Balaban J connectivity index is 1.11. The molecule has 0 bridgehead atoms.